The van der Waals surface area contributed by atoms with Crippen molar-refractivity contribution in [3.63, 3.8) is 0 Å². The predicted molar refractivity (Wildman–Crippen MR) is 85.7 cm³/mol. The van der Waals surface area contributed by atoms with Crippen LogP contribution in [-0.4, -0.2) is 42.2 Å². The topological polar surface area (TPSA) is 46.6 Å². The third-order valence-electron chi connectivity index (χ3n) is 2.65. The van der Waals surface area contributed by atoms with E-state index in [9.17, 15) is 9.59 Å². The molecule has 1 aromatic carbocycles. The zero-order valence-corrected chi connectivity index (χ0v) is 13.9. The summed E-state index contributed by atoms with van der Waals surface area (Å²) in [5.41, 5.74) is 0. The number of benzene rings is 1. The van der Waals surface area contributed by atoms with Gasteiger partial charge in [-0.15, -0.1) is 11.8 Å². The van der Waals surface area contributed by atoms with Gasteiger partial charge in [0.05, 0.1) is 12.4 Å². The summed E-state index contributed by atoms with van der Waals surface area (Å²) in [4.78, 5) is 26.2. The molecule has 1 aromatic rings. The molecule has 0 aliphatic rings. The summed E-state index contributed by atoms with van der Waals surface area (Å²) in [6, 6.07) is 7.32. The van der Waals surface area contributed by atoms with Crippen LogP contribution in [-0.2, 0) is 14.3 Å². The van der Waals surface area contributed by atoms with Crippen LogP contribution in [0.5, 0.6) is 0 Å². The Morgan fingerprint density at radius 2 is 1.90 bits per heavy atom. The maximum Gasteiger partial charge on any atom is 0.325 e. The summed E-state index contributed by atoms with van der Waals surface area (Å²) in [5, 5.41) is 0.667. The number of nitrogens with zero attached hydrogens (tertiary/aromatic N) is 1. The Hall–Kier alpha value is -1.20. The van der Waals surface area contributed by atoms with Crippen molar-refractivity contribution < 1.29 is 14.3 Å². The maximum absolute atomic E-state index is 12.2. The van der Waals surface area contributed by atoms with Gasteiger partial charge in [-0.1, -0.05) is 18.5 Å². The average molecular weight is 330 g/mol. The molecule has 0 aliphatic carbocycles. The largest absolute Gasteiger partial charge is 0.465 e. The van der Waals surface area contributed by atoms with Crippen molar-refractivity contribution >= 4 is 35.2 Å². The first kappa shape index (κ1) is 17.9. The van der Waals surface area contributed by atoms with E-state index in [0.717, 1.165) is 11.3 Å². The molecule has 0 unspecified atom stereocenters. The van der Waals surface area contributed by atoms with Crippen LogP contribution in [0.1, 0.15) is 20.3 Å². The minimum absolute atomic E-state index is 0.0156. The summed E-state index contributed by atoms with van der Waals surface area (Å²) >= 11 is 7.25. The molecule has 0 aliphatic heterocycles. The molecule has 0 heterocycles. The van der Waals surface area contributed by atoms with Crippen LogP contribution in [0.2, 0.25) is 5.02 Å². The van der Waals surface area contributed by atoms with Crippen molar-refractivity contribution in [2.45, 2.75) is 25.2 Å². The molecule has 0 saturated heterocycles. The van der Waals surface area contributed by atoms with E-state index in [1.165, 1.54) is 11.8 Å². The average Bonchev–Trinajstić information content (AvgIpc) is 2.46. The van der Waals surface area contributed by atoms with Gasteiger partial charge >= 0.3 is 5.97 Å². The van der Waals surface area contributed by atoms with Gasteiger partial charge < -0.3 is 9.64 Å². The smallest absolute Gasteiger partial charge is 0.325 e. The van der Waals surface area contributed by atoms with Crippen molar-refractivity contribution in [2.75, 3.05) is 25.4 Å². The first-order chi connectivity index (χ1) is 10.1. The van der Waals surface area contributed by atoms with E-state index in [1.54, 1.807) is 24.0 Å². The van der Waals surface area contributed by atoms with Crippen molar-refractivity contribution in [1.29, 1.82) is 0 Å². The number of hydrogen-bond acceptors (Lipinski definition) is 4. The van der Waals surface area contributed by atoms with Crippen molar-refractivity contribution in [3.05, 3.63) is 29.3 Å². The monoisotopic (exact) mass is 329 g/mol. The van der Waals surface area contributed by atoms with Gasteiger partial charge in [0.25, 0.3) is 0 Å². The molecule has 21 heavy (non-hydrogen) atoms. The number of amides is 1. The first-order valence-corrected chi connectivity index (χ1v) is 8.25. The zero-order valence-electron chi connectivity index (χ0n) is 12.3. The number of ether oxygens (including phenoxy) is 1. The van der Waals surface area contributed by atoms with Crippen LogP contribution in [0.25, 0.3) is 0 Å². The van der Waals surface area contributed by atoms with Crippen molar-refractivity contribution in [1.82, 2.24) is 4.90 Å². The third kappa shape index (κ3) is 6.87. The molecule has 0 N–H and O–H groups in total. The highest BCUT2D eigenvalue weighted by molar-refractivity contribution is 8.00. The van der Waals surface area contributed by atoms with Crippen LogP contribution < -0.4 is 0 Å². The SMILES string of the molecule is CCCN(CC(=O)OCC)C(=O)CSc1ccc(Cl)cc1. The van der Waals surface area contributed by atoms with Gasteiger partial charge in [0.1, 0.15) is 6.54 Å². The standard InChI is InChI=1S/C15H20ClNO3S/c1-3-9-17(10-15(19)20-4-2)14(18)11-21-13-7-5-12(16)6-8-13/h5-8H,3-4,9-11H2,1-2H3. The predicted octanol–water partition coefficient (Wildman–Crippen LogP) is 3.23. The summed E-state index contributed by atoms with van der Waals surface area (Å²) in [7, 11) is 0. The molecule has 116 valence electrons. The molecule has 1 amide bonds. The van der Waals surface area contributed by atoms with Gasteiger partial charge in [-0.3, -0.25) is 9.59 Å². The Morgan fingerprint density at radius 3 is 2.48 bits per heavy atom. The molecule has 0 fully saturated rings. The van der Waals surface area contributed by atoms with Gasteiger partial charge in [0, 0.05) is 16.5 Å². The quantitative estimate of drug-likeness (QED) is 0.542. The molecule has 0 spiro atoms. The molecule has 0 atom stereocenters. The lowest BCUT2D eigenvalue weighted by Gasteiger charge is -2.20. The molecular formula is C15H20ClNO3S. The number of esters is 1. The molecule has 4 nitrogen and oxygen atoms in total. The van der Waals surface area contributed by atoms with Crippen molar-refractivity contribution in [2.24, 2.45) is 0 Å². The number of thioether (sulfide) groups is 1. The van der Waals surface area contributed by atoms with Crippen LogP contribution in [0.4, 0.5) is 0 Å². The Kier molecular flexibility index (Phi) is 8.23. The summed E-state index contributed by atoms with van der Waals surface area (Å²) in [6.45, 7) is 4.62. The summed E-state index contributed by atoms with van der Waals surface area (Å²) in [5.74, 6) is -0.137. The van der Waals surface area contributed by atoms with Gasteiger partial charge in [-0.2, -0.15) is 0 Å². The van der Waals surface area contributed by atoms with E-state index in [4.69, 9.17) is 16.3 Å². The molecule has 6 heteroatoms. The number of carbonyl (C=O) groups is 2. The van der Waals surface area contributed by atoms with E-state index in [0.29, 0.717) is 23.9 Å². The zero-order chi connectivity index (χ0) is 15.7. The Bertz CT molecular complexity index is 464. The summed E-state index contributed by atoms with van der Waals surface area (Å²) in [6.07, 6.45) is 0.802. The van der Waals surface area contributed by atoms with Gasteiger partial charge in [0.15, 0.2) is 0 Å². The second-order valence-electron chi connectivity index (χ2n) is 4.36. The second-order valence-corrected chi connectivity index (χ2v) is 5.85. The molecule has 0 radical (unpaired) electrons. The first-order valence-electron chi connectivity index (χ1n) is 6.88. The number of rotatable bonds is 8. The maximum atomic E-state index is 12.2. The minimum atomic E-state index is -0.365. The van der Waals surface area contributed by atoms with Gasteiger partial charge in [-0.25, -0.2) is 0 Å². The van der Waals surface area contributed by atoms with E-state index in [2.05, 4.69) is 0 Å². The Balaban J connectivity index is 2.51. The molecule has 1 rings (SSSR count). The lowest BCUT2D eigenvalue weighted by atomic mass is 10.4. The Labute approximate surface area is 134 Å². The van der Waals surface area contributed by atoms with E-state index >= 15 is 0 Å². The van der Waals surface area contributed by atoms with E-state index in [1.807, 2.05) is 19.1 Å². The molecule has 0 bridgehead atoms. The van der Waals surface area contributed by atoms with Gasteiger partial charge in [-0.05, 0) is 37.6 Å². The fourth-order valence-corrected chi connectivity index (χ4v) is 2.62. The fourth-order valence-electron chi connectivity index (χ4n) is 1.69. The number of carbonyl (C=O) groups excluding carboxylic acids is 2. The third-order valence-corrected chi connectivity index (χ3v) is 3.90. The number of hydrogen-bond donors (Lipinski definition) is 0. The van der Waals surface area contributed by atoms with Crippen LogP contribution in [0, 0.1) is 0 Å². The minimum Gasteiger partial charge on any atom is -0.465 e. The number of halogens is 1. The lowest BCUT2D eigenvalue weighted by molar-refractivity contribution is -0.148. The van der Waals surface area contributed by atoms with E-state index in [-0.39, 0.29) is 18.4 Å². The summed E-state index contributed by atoms with van der Waals surface area (Å²) < 4.78 is 4.89. The fraction of sp³-hybridized carbons (Fsp3) is 0.467. The van der Waals surface area contributed by atoms with Crippen LogP contribution >= 0.6 is 23.4 Å². The molecule has 0 saturated carbocycles. The normalized spacial score (nSPS) is 10.2. The van der Waals surface area contributed by atoms with Gasteiger partial charge in [0.2, 0.25) is 5.91 Å². The lowest BCUT2D eigenvalue weighted by Crippen LogP contribution is -2.38. The highest BCUT2D eigenvalue weighted by Gasteiger charge is 2.17. The highest BCUT2D eigenvalue weighted by atomic mass is 35.5. The molecular weight excluding hydrogens is 310 g/mol. The van der Waals surface area contributed by atoms with Crippen LogP contribution in [0.3, 0.4) is 0 Å². The van der Waals surface area contributed by atoms with Crippen molar-refractivity contribution in [3.8, 4) is 0 Å². The van der Waals surface area contributed by atoms with E-state index < -0.39 is 0 Å². The Morgan fingerprint density at radius 1 is 1.24 bits per heavy atom. The molecule has 0 aromatic heterocycles. The second kappa shape index (κ2) is 9.68. The van der Waals surface area contributed by atoms with Crippen LogP contribution in [0.15, 0.2) is 29.2 Å². The highest BCUT2D eigenvalue weighted by Crippen LogP contribution is 2.20.